The normalized spacial score (nSPS) is 9.62. The fraction of sp³-hybridized carbons (Fsp3) is 0.667. The lowest BCUT2D eigenvalue weighted by atomic mass is 10.4. The molecule has 1 heterocycles. The molecule has 0 aliphatic heterocycles. The average Bonchev–Trinajstić information content (AvgIpc) is 2.19. The van der Waals surface area contributed by atoms with E-state index in [1.165, 1.54) is 0 Å². The van der Waals surface area contributed by atoms with Gasteiger partial charge in [0.15, 0.2) is 5.82 Å². The Morgan fingerprint density at radius 1 is 1.62 bits per heavy atom. The molecule has 0 atom stereocenters. The van der Waals surface area contributed by atoms with Gasteiger partial charge in [-0.1, -0.05) is 5.21 Å². The molecule has 0 bridgehead atoms. The summed E-state index contributed by atoms with van der Waals surface area (Å²) in [4.78, 5) is 0. The summed E-state index contributed by atoms with van der Waals surface area (Å²) in [5.74, 6) is 0.674. The smallest absolute Gasteiger partial charge is 0.175 e. The Kier molecular flexibility index (Phi) is 1.53. The van der Waals surface area contributed by atoms with Crippen LogP contribution in [-0.4, -0.2) is 27.2 Å². The second kappa shape index (κ2) is 2.37. The van der Waals surface area contributed by atoms with E-state index in [2.05, 4.69) is 20.6 Å². The molecular weight excluding hydrogens is 106 g/mol. The van der Waals surface area contributed by atoms with Crippen molar-refractivity contribution in [1.29, 1.82) is 0 Å². The highest BCUT2D eigenvalue weighted by atomic mass is 15.5. The van der Waals surface area contributed by atoms with E-state index in [1.807, 2.05) is 0 Å². The maximum Gasteiger partial charge on any atom is 0.175 e. The summed E-state index contributed by atoms with van der Waals surface area (Å²) in [7, 11) is 0. The molecule has 3 N–H and O–H groups in total. The second-order valence-electron chi connectivity index (χ2n) is 1.37. The molecule has 8 heavy (non-hydrogen) atoms. The molecule has 1 rings (SSSR count). The van der Waals surface area contributed by atoms with Crippen LogP contribution in [0.15, 0.2) is 0 Å². The standard InChI is InChI=1S/C3H7N5/c4-2-1-3-5-7-8-6-3/h1-2,4H2,(H,5,6,7,8). The van der Waals surface area contributed by atoms with Gasteiger partial charge in [-0.05, 0) is 6.54 Å². The maximum absolute atomic E-state index is 5.20. The van der Waals surface area contributed by atoms with Gasteiger partial charge in [0.25, 0.3) is 0 Å². The molecule has 5 heteroatoms. The van der Waals surface area contributed by atoms with Gasteiger partial charge in [0, 0.05) is 6.42 Å². The molecule has 1 aromatic heterocycles. The van der Waals surface area contributed by atoms with Crippen molar-refractivity contribution in [3.63, 3.8) is 0 Å². The van der Waals surface area contributed by atoms with Crippen LogP contribution in [0.2, 0.25) is 0 Å². The first kappa shape index (κ1) is 5.17. The Hall–Kier alpha value is -0.970. The predicted octanol–water partition coefficient (Wildman–Crippen LogP) is -1.30. The Morgan fingerprint density at radius 3 is 3.00 bits per heavy atom. The summed E-state index contributed by atoms with van der Waals surface area (Å²) in [6, 6.07) is 0. The average molecular weight is 113 g/mol. The number of nitrogens with one attached hydrogen (secondary N) is 1. The number of nitrogens with zero attached hydrogens (tertiary/aromatic N) is 3. The van der Waals surface area contributed by atoms with Crippen molar-refractivity contribution < 1.29 is 0 Å². The molecule has 5 nitrogen and oxygen atoms in total. The topological polar surface area (TPSA) is 80.5 Å². The molecule has 0 saturated heterocycles. The number of H-pyrrole nitrogens is 1. The summed E-state index contributed by atoms with van der Waals surface area (Å²) in [6.07, 6.45) is 0.691. The third-order valence-electron chi connectivity index (χ3n) is 0.757. The van der Waals surface area contributed by atoms with Crippen LogP contribution in [0.1, 0.15) is 5.82 Å². The zero-order valence-electron chi connectivity index (χ0n) is 4.33. The van der Waals surface area contributed by atoms with Crippen LogP contribution in [0, 0.1) is 0 Å². The van der Waals surface area contributed by atoms with Gasteiger partial charge in [0.1, 0.15) is 0 Å². The quantitative estimate of drug-likeness (QED) is 0.499. The van der Waals surface area contributed by atoms with Crippen LogP contribution in [0.4, 0.5) is 0 Å². The fourth-order valence-corrected chi connectivity index (χ4v) is 0.418. The monoisotopic (exact) mass is 113 g/mol. The minimum Gasteiger partial charge on any atom is -0.330 e. The van der Waals surface area contributed by atoms with Crippen molar-refractivity contribution in [1.82, 2.24) is 20.6 Å². The van der Waals surface area contributed by atoms with E-state index in [4.69, 9.17) is 5.73 Å². The van der Waals surface area contributed by atoms with Gasteiger partial charge in [-0.15, -0.1) is 10.2 Å². The van der Waals surface area contributed by atoms with Crippen LogP contribution in [-0.2, 0) is 6.42 Å². The summed E-state index contributed by atoms with van der Waals surface area (Å²) in [5.41, 5.74) is 5.20. The van der Waals surface area contributed by atoms with E-state index in [9.17, 15) is 0 Å². The molecule has 0 unspecified atom stereocenters. The van der Waals surface area contributed by atoms with Crippen molar-refractivity contribution in [2.45, 2.75) is 6.42 Å². The minimum absolute atomic E-state index is 0.569. The van der Waals surface area contributed by atoms with Crippen LogP contribution >= 0.6 is 0 Å². The Labute approximate surface area is 46.3 Å². The third-order valence-corrected chi connectivity index (χ3v) is 0.757. The third kappa shape index (κ3) is 1.00. The highest BCUT2D eigenvalue weighted by Gasteiger charge is 1.91. The lowest BCUT2D eigenvalue weighted by Gasteiger charge is -1.81. The number of hydrogen-bond donors (Lipinski definition) is 2. The van der Waals surface area contributed by atoms with Gasteiger partial charge >= 0.3 is 0 Å². The number of tetrazole rings is 1. The van der Waals surface area contributed by atoms with Crippen molar-refractivity contribution in [3.8, 4) is 0 Å². The van der Waals surface area contributed by atoms with E-state index in [0.29, 0.717) is 18.8 Å². The number of hydrogen-bond acceptors (Lipinski definition) is 4. The summed E-state index contributed by atoms with van der Waals surface area (Å²) < 4.78 is 0. The second-order valence-corrected chi connectivity index (χ2v) is 1.37. The molecule has 0 aliphatic rings. The van der Waals surface area contributed by atoms with Crippen molar-refractivity contribution >= 4 is 0 Å². The lowest BCUT2D eigenvalue weighted by Crippen LogP contribution is -2.03. The Morgan fingerprint density at radius 2 is 2.50 bits per heavy atom. The summed E-state index contributed by atoms with van der Waals surface area (Å²) in [5, 5.41) is 13.0. The molecule has 0 aromatic carbocycles. The number of nitrogens with two attached hydrogens (primary N) is 1. The van der Waals surface area contributed by atoms with Crippen molar-refractivity contribution in [2.75, 3.05) is 6.54 Å². The van der Waals surface area contributed by atoms with Crippen LogP contribution in [0.5, 0.6) is 0 Å². The SMILES string of the molecule is NCCc1nn[nH]n1. The molecule has 0 radical (unpaired) electrons. The molecule has 1 aromatic rings. The van der Waals surface area contributed by atoms with E-state index >= 15 is 0 Å². The molecule has 0 fully saturated rings. The highest BCUT2D eigenvalue weighted by Crippen LogP contribution is 1.79. The minimum atomic E-state index is 0.569. The summed E-state index contributed by atoms with van der Waals surface area (Å²) in [6.45, 7) is 0.569. The lowest BCUT2D eigenvalue weighted by molar-refractivity contribution is 0.874. The molecule has 0 aliphatic carbocycles. The zero-order chi connectivity index (χ0) is 5.82. The Balaban J connectivity index is 2.50. The van der Waals surface area contributed by atoms with Gasteiger partial charge in [0.05, 0.1) is 0 Å². The van der Waals surface area contributed by atoms with Crippen molar-refractivity contribution in [3.05, 3.63) is 5.82 Å². The Bertz CT molecular complexity index is 133. The molecule has 0 amide bonds. The van der Waals surface area contributed by atoms with E-state index in [0.717, 1.165) is 0 Å². The van der Waals surface area contributed by atoms with Gasteiger partial charge in [-0.3, -0.25) is 0 Å². The molecule has 0 saturated carbocycles. The number of rotatable bonds is 2. The largest absolute Gasteiger partial charge is 0.330 e. The van der Waals surface area contributed by atoms with Crippen LogP contribution < -0.4 is 5.73 Å². The predicted molar refractivity (Wildman–Crippen MR) is 26.9 cm³/mol. The first-order valence-corrected chi connectivity index (χ1v) is 2.36. The molecule has 0 spiro atoms. The number of aromatic amines is 1. The van der Waals surface area contributed by atoms with Crippen molar-refractivity contribution in [2.24, 2.45) is 5.73 Å². The summed E-state index contributed by atoms with van der Waals surface area (Å²) >= 11 is 0. The molecular formula is C3H7N5. The van der Waals surface area contributed by atoms with E-state index in [1.54, 1.807) is 0 Å². The van der Waals surface area contributed by atoms with Gasteiger partial charge in [-0.25, -0.2) is 0 Å². The molecule has 44 valence electrons. The van der Waals surface area contributed by atoms with Crippen LogP contribution in [0.25, 0.3) is 0 Å². The highest BCUT2D eigenvalue weighted by molar-refractivity contribution is 4.75. The van der Waals surface area contributed by atoms with Gasteiger partial charge in [-0.2, -0.15) is 5.21 Å². The van der Waals surface area contributed by atoms with Gasteiger partial charge in [0.2, 0.25) is 0 Å². The fourth-order valence-electron chi connectivity index (χ4n) is 0.418. The zero-order valence-corrected chi connectivity index (χ0v) is 4.33. The van der Waals surface area contributed by atoms with E-state index in [-0.39, 0.29) is 0 Å². The maximum atomic E-state index is 5.20. The van der Waals surface area contributed by atoms with E-state index < -0.39 is 0 Å². The first-order valence-electron chi connectivity index (χ1n) is 2.36. The first-order chi connectivity index (χ1) is 3.93. The number of aromatic nitrogens is 4. The van der Waals surface area contributed by atoms with Crippen LogP contribution in [0.3, 0.4) is 0 Å². The van der Waals surface area contributed by atoms with Gasteiger partial charge < -0.3 is 5.73 Å².